The van der Waals surface area contributed by atoms with Gasteiger partial charge in [0.15, 0.2) is 0 Å². The first kappa shape index (κ1) is 10.8. The van der Waals surface area contributed by atoms with Crippen molar-refractivity contribution in [1.82, 2.24) is 0 Å². The fourth-order valence-electron chi connectivity index (χ4n) is 1.62. The van der Waals surface area contributed by atoms with Crippen molar-refractivity contribution in [3.05, 3.63) is 54.1 Å². The average molecular weight is 225 g/mol. The van der Waals surface area contributed by atoms with E-state index in [0.29, 0.717) is 0 Å². The van der Waals surface area contributed by atoms with Gasteiger partial charge in [-0.1, -0.05) is 30.3 Å². The molecule has 0 aliphatic heterocycles. The van der Waals surface area contributed by atoms with Crippen LogP contribution in [0.5, 0.6) is 0 Å². The Morgan fingerprint density at radius 3 is 2.62 bits per heavy atom. The van der Waals surface area contributed by atoms with Gasteiger partial charge in [0, 0.05) is 4.90 Å². The van der Waals surface area contributed by atoms with Crippen LogP contribution in [0.2, 0.25) is 0 Å². The molecule has 2 heteroatoms. The van der Waals surface area contributed by atoms with Gasteiger partial charge in [0.05, 0.1) is 11.6 Å². The first-order chi connectivity index (χ1) is 7.85. The fraction of sp³-hybridized carbons (Fsp3) is 0.0714. The van der Waals surface area contributed by atoms with Gasteiger partial charge in [0.2, 0.25) is 0 Å². The molecule has 0 radical (unpaired) electrons. The number of nitrogens with zero attached hydrogens (tertiary/aromatic N) is 1. The van der Waals surface area contributed by atoms with Gasteiger partial charge in [0.25, 0.3) is 0 Å². The van der Waals surface area contributed by atoms with Crippen LogP contribution in [-0.4, -0.2) is 6.26 Å². The summed E-state index contributed by atoms with van der Waals surface area (Å²) in [6.07, 6.45) is 2.05. The highest BCUT2D eigenvalue weighted by molar-refractivity contribution is 7.98. The van der Waals surface area contributed by atoms with Crippen LogP contribution >= 0.6 is 11.8 Å². The van der Waals surface area contributed by atoms with Gasteiger partial charge in [-0.3, -0.25) is 0 Å². The van der Waals surface area contributed by atoms with Crippen LogP contribution in [0.15, 0.2) is 53.4 Å². The van der Waals surface area contributed by atoms with E-state index in [1.807, 2.05) is 36.4 Å². The van der Waals surface area contributed by atoms with E-state index in [1.54, 1.807) is 11.8 Å². The normalized spacial score (nSPS) is 9.75. The van der Waals surface area contributed by atoms with E-state index in [9.17, 15) is 0 Å². The van der Waals surface area contributed by atoms with Crippen molar-refractivity contribution in [3.63, 3.8) is 0 Å². The predicted octanol–water partition coefficient (Wildman–Crippen LogP) is 3.95. The Balaban J connectivity index is 2.55. The summed E-state index contributed by atoms with van der Waals surface area (Å²) in [5, 5.41) is 9.05. The molecule has 0 saturated carbocycles. The highest BCUT2D eigenvalue weighted by Crippen LogP contribution is 2.26. The molecule has 0 bridgehead atoms. The van der Waals surface area contributed by atoms with Crippen molar-refractivity contribution in [2.75, 3.05) is 6.26 Å². The molecular weight excluding hydrogens is 214 g/mol. The van der Waals surface area contributed by atoms with E-state index < -0.39 is 0 Å². The Labute approximate surface area is 99.7 Å². The van der Waals surface area contributed by atoms with Crippen LogP contribution in [0, 0.1) is 11.3 Å². The van der Waals surface area contributed by atoms with Crippen LogP contribution in [0.3, 0.4) is 0 Å². The summed E-state index contributed by atoms with van der Waals surface area (Å²) in [5.41, 5.74) is 2.82. The van der Waals surface area contributed by atoms with Crippen molar-refractivity contribution in [2.24, 2.45) is 0 Å². The maximum atomic E-state index is 9.05. The third kappa shape index (κ3) is 2.10. The maximum Gasteiger partial charge on any atom is 0.0998 e. The Bertz CT molecular complexity index is 540. The van der Waals surface area contributed by atoms with E-state index in [0.717, 1.165) is 16.7 Å². The van der Waals surface area contributed by atoms with Crippen LogP contribution < -0.4 is 0 Å². The molecule has 2 aromatic carbocycles. The van der Waals surface area contributed by atoms with Gasteiger partial charge in [-0.2, -0.15) is 5.26 Å². The first-order valence-corrected chi connectivity index (χ1v) is 6.21. The number of thioether (sulfide) groups is 1. The monoisotopic (exact) mass is 225 g/mol. The third-order valence-corrected chi connectivity index (χ3v) is 3.15. The first-order valence-electron chi connectivity index (χ1n) is 4.98. The molecule has 16 heavy (non-hydrogen) atoms. The molecular formula is C14H11NS. The second-order valence-corrected chi connectivity index (χ2v) is 4.27. The van der Waals surface area contributed by atoms with Crippen LogP contribution in [0.1, 0.15) is 5.56 Å². The molecule has 0 spiro atoms. The molecule has 78 valence electrons. The second-order valence-electron chi connectivity index (χ2n) is 3.39. The quantitative estimate of drug-likeness (QED) is 0.723. The van der Waals surface area contributed by atoms with E-state index >= 15 is 0 Å². The average Bonchev–Trinajstić information content (AvgIpc) is 2.38. The molecule has 0 amide bonds. The van der Waals surface area contributed by atoms with Crippen LogP contribution in [0.4, 0.5) is 0 Å². The van der Waals surface area contributed by atoms with Gasteiger partial charge < -0.3 is 0 Å². The minimum absolute atomic E-state index is 0.723. The van der Waals surface area contributed by atoms with E-state index in [-0.39, 0.29) is 0 Å². The number of nitriles is 1. The summed E-state index contributed by atoms with van der Waals surface area (Å²) in [6, 6.07) is 18.2. The number of hydrogen-bond acceptors (Lipinski definition) is 2. The lowest BCUT2D eigenvalue weighted by Crippen LogP contribution is -1.83. The SMILES string of the molecule is CSc1cccc(-c2ccccc2C#N)c1. The summed E-state index contributed by atoms with van der Waals surface area (Å²) < 4.78 is 0. The molecule has 0 aromatic heterocycles. The molecule has 2 rings (SSSR count). The highest BCUT2D eigenvalue weighted by atomic mass is 32.2. The molecule has 1 nitrogen and oxygen atoms in total. The minimum Gasteiger partial charge on any atom is -0.192 e. The molecule has 0 atom stereocenters. The summed E-state index contributed by atoms with van der Waals surface area (Å²) in [7, 11) is 0. The number of rotatable bonds is 2. The number of benzene rings is 2. The van der Waals surface area contributed by atoms with Gasteiger partial charge >= 0.3 is 0 Å². The largest absolute Gasteiger partial charge is 0.192 e. The van der Waals surface area contributed by atoms with E-state index in [4.69, 9.17) is 5.26 Å². The van der Waals surface area contributed by atoms with Crippen LogP contribution in [0.25, 0.3) is 11.1 Å². The Hall–Kier alpha value is -1.72. The summed E-state index contributed by atoms with van der Waals surface area (Å²) >= 11 is 1.71. The van der Waals surface area contributed by atoms with Crippen LogP contribution in [-0.2, 0) is 0 Å². The Morgan fingerprint density at radius 1 is 1.06 bits per heavy atom. The van der Waals surface area contributed by atoms with Crippen molar-refractivity contribution in [3.8, 4) is 17.2 Å². The maximum absolute atomic E-state index is 9.05. The van der Waals surface area contributed by atoms with Gasteiger partial charge in [-0.25, -0.2) is 0 Å². The highest BCUT2D eigenvalue weighted by Gasteiger charge is 2.03. The van der Waals surface area contributed by atoms with Crippen molar-refractivity contribution < 1.29 is 0 Å². The topological polar surface area (TPSA) is 23.8 Å². The molecule has 0 aliphatic rings. The zero-order chi connectivity index (χ0) is 11.4. The van der Waals surface area contributed by atoms with Gasteiger partial charge in [0.1, 0.15) is 0 Å². The third-order valence-electron chi connectivity index (χ3n) is 2.43. The molecule has 0 fully saturated rings. The lowest BCUT2D eigenvalue weighted by atomic mass is 10.0. The summed E-state index contributed by atoms with van der Waals surface area (Å²) in [6.45, 7) is 0. The zero-order valence-corrected chi connectivity index (χ0v) is 9.79. The predicted molar refractivity (Wildman–Crippen MR) is 68.4 cm³/mol. The van der Waals surface area contributed by atoms with Gasteiger partial charge in [-0.05, 0) is 35.6 Å². The van der Waals surface area contributed by atoms with E-state index in [2.05, 4.69) is 24.5 Å². The number of hydrogen-bond donors (Lipinski definition) is 0. The summed E-state index contributed by atoms with van der Waals surface area (Å²) in [5.74, 6) is 0. The lowest BCUT2D eigenvalue weighted by molar-refractivity contribution is 1.44. The van der Waals surface area contributed by atoms with Crippen molar-refractivity contribution >= 4 is 11.8 Å². The molecule has 2 aromatic rings. The molecule has 0 unspecified atom stereocenters. The van der Waals surface area contributed by atoms with Crippen molar-refractivity contribution in [2.45, 2.75) is 4.90 Å². The molecule has 0 aliphatic carbocycles. The molecule has 0 heterocycles. The van der Waals surface area contributed by atoms with Crippen molar-refractivity contribution in [1.29, 1.82) is 5.26 Å². The van der Waals surface area contributed by atoms with Gasteiger partial charge in [-0.15, -0.1) is 11.8 Å². The smallest absolute Gasteiger partial charge is 0.0998 e. The standard InChI is InChI=1S/C14H11NS/c1-16-13-7-4-6-11(9-13)14-8-3-2-5-12(14)10-15/h2-9H,1H3. The summed E-state index contributed by atoms with van der Waals surface area (Å²) in [4.78, 5) is 1.21. The Morgan fingerprint density at radius 2 is 1.88 bits per heavy atom. The fourth-order valence-corrected chi connectivity index (χ4v) is 2.08. The Kier molecular flexibility index (Phi) is 3.28. The van der Waals surface area contributed by atoms with E-state index in [1.165, 1.54) is 4.90 Å². The lowest BCUT2D eigenvalue weighted by Gasteiger charge is -2.05. The zero-order valence-electron chi connectivity index (χ0n) is 8.97. The molecule has 0 N–H and O–H groups in total. The minimum atomic E-state index is 0.723. The second kappa shape index (κ2) is 4.87. The molecule has 0 saturated heterocycles.